The summed E-state index contributed by atoms with van der Waals surface area (Å²) in [5, 5.41) is 5.21. The fourth-order valence-electron chi connectivity index (χ4n) is 6.55. The van der Waals surface area contributed by atoms with E-state index < -0.39 is 0 Å². The van der Waals surface area contributed by atoms with Gasteiger partial charge in [-0.1, -0.05) is 170 Å². The van der Waals surface area contributed by atoms with E-state index in [1.807, 2.05) is 42.5 Å². The van der Waals surface area contributed by atoms with Crippen LogP contribution in [0, 0.1) is 0 Å². The third-order valence-corrected chi connectivity index (χ3v) is 9.22. The topological polar surface area (TPSA) is 26.0 Å². The molecule has 2 N–H and O–H groups in total. The van der Waals surface area contributed by atoms with E-state index in [0.717, 1.165) is 36.9 Å². The number of fused-ring (bicyclic) bond motifs is 2. The van der Waals surface area contributed by atoms with Gasteiger partial charge in [0.1, 0.15) is 0 Å². The molecule has 6 aromatic carbocycles. The van der Waals surface area contributed by atoms with Gasteiger partial charge in [-0.15, -0.1) is 0 Å². The van der Waals surface area contributed by atoms with Crippen molar-refractivity contribution in [2.45, 2.75) is 25.7 Å². The lowest BCUT2D eigenvalue weighted by Crippen LogP contribution is -2.21. The van der Waals surface area contributed by atoms with Gasteiger partial charge >= 0.3 is 0 Å². The predicted octanol–water partition coefficient (Wildman–Crippen LogP) is 10.8. The van der Waals surface area contributed by atoms with Crippen molar-refractivity contribution in [3.8, 4) is 33.4 Å². The fraction of sp³-hybridized carbons (Fsp3) is 0.0833. The molecule has 0 unspecified atom stereocenters. The van der Waals surface area contributed by atoms with Gasteiger partial charge in [0.2, 0.25) is 0 Å². The fourth-order valence-corrected chi connectivity index (χ4v) is 6.55. The van der Waals surface area contributed by atoms with Crippen molar-refractivity contribution < 1.29 is 0 Å². The van der Waals surface area contributed by atoms with Crippen molar-refractivity contribution in [1.29, 1.82) is 0 Å². The Kier molecular flexibility index (Phi) is 9.90. The van der Waals surface area contributed by atoms with Crippen molar-refractivity contribution in [2.24, 2.45) is 5.73 Å². The van der Waals surface area contributed by atoms with Gasteiger partial charge in [0.05, 0.1) is 0 Å². The van der Waals surface area contributed by atoms with E-state index in [2.05, 4.69) is 146 Å². The minimum Gasteiger partial charge on any atom is -0.398 e. The summed E-state index contributed by atoms with van der Waals surface area (Å²) in [5.74, 6) is 0. The van der Waals surface area contributed by atoms with Gasteiger partial charge in [-0.3, -0.25) is 0 Å². The summed E-state index contributed by atoms with van der Waals surface area (Å²) < 4.78 is 0. The van der Waals surface area contributed by atoms with E-state index in [1.54, 1.807) is 0 Å². The normalized spacial score (nSPS) is 12.9. The summed E-state index contributed by atoms with van der Waals surface area (Å²) in [7, 11) is 0. The molecule has 1 aliphatic carbocycles. The van der Waals surface area contributed by atoms with Gasteiger partial charge in [0.15, 0.2) is 0 Å². The van der Waals surface area contributed by atoms with Crippen LogP contribution in [0.15, 0.2) is 176 Å². The van der Waals surface area contributed by atoms with Gasteiger partial charge in [-0.2, -0.15) is 0 Å². The summed E-state index contributed by atoms with van der Waals surface area (Å²) in [4.78, 5) is 0. The summed E-state index contributed by atoms with van der Waals surface area (Å²) in [6.07, 6.45) is 23.5. The maximum atomic E-state index is 6.15. The smallest absolute Gasteiger partial charge is 0.0387 e. The molecule has 7 rings (SSSR count). The minimum absolute atomic E-state index is 0.788. The highest BCUT2D eigenvalue weighted by Crippen LogP contribution is 2.34. The zero-order valence-electron chi connectivity index (χ0n) is 27.8. The Balaban J connectivity index is 1.00. The summed E-state index contributed by atoms with van der Waals surface area (Å²) in [5.41, 5.74) is 16.8. The molecule has 0 atom stereocenters. The van der Waals surface area contributed by atoms with E-state index in [-0.39, 0.29) is 0 Å². The number of benzene rings is 6. The van der Waals surface area contributed by atoms with Gasteiger partial charge < -0.3 is 5.73 Å². The third kappa shape index (κ3) is 7.64. The summed E-state index contributed by atoms with van der Waals surface area (Å²) in [6.45, 7) is 0. The van der Waals surface area contributed by atoms with Crippen molar-refractivity contribution in [2.75, 3.05) is 0 Å². The number of allylic oxidation sites excluding steroid dienone is 7. The molecular formula is C48H41N. The molecule has 0 radical (unpaired) electrons. The largest absolute Gasteiger partial charge is 0.398 e. The number of nitrogens with two attached hydrogens (primary N) is 1. The lowest BCUT2D eigenvalue weighted by Gasteiger charge is -2.13. The molecule has 6 aromatic rings. The average molecular weight is 632 g/mol. The summed E-state index contributed by atoms with van der Waals surface area (Å²) in [6, 6.07) is 48.2. The first-order chi connectivity index (χ1) is 24.2. The lowest BCUT2D eigenvalue weighted by atomic mass is 9.91. The van der Waals surface area contributed by atoms with Crippen molar-refractivity contribution in [3.63, 3.8) is 0 Å². The molecule has 0 aromatic heterocycles. The average Bonchev–Trinajstić information content (AvgIpc) is 3.63. The highest BCUT2D eigenvalue weighted by atomic mass is 14.6. The Morgan fingerprint density at radius 1 is 0.531 bits per heavy atom. The summed E-state index contributed by atoms with van der Waals surface area (Å²) >= 11 is 0. The van der Waals surface area contributed by atoms with Crippen LogP contribution in [-0.2, 0) is 6.42 Å². The molecule has 0 bridgehead atoms. The molecule has 0 amide bonds. The van der Waals surface area contributed by atoms with Crippen LogP contribution in [0.4, 0.5) is 0 Å². The van der Waals surface area contributed by atoms with E-state index >= 15 is 0 Å². The monoisotopic (exact) mass is 631 g/mol. The van der Waals surface area contributed by atoms with Crippen LogP contribution in [-0.4, -0.2) is 0 Å². The minimum atomic E-state index is 0.788. The van der Waals surface area contributed by atoms with Crippen molar-refractivity contribution in [1.82, 2.24) is 0 Å². The molecule has 0 saturated carbocycles. The molecule has 0 aliphatic heterocycles. The second kappa shape index (κ2) is 15.3. The number of rotatable bonds is 11. The van der Waals surface area contributed by atoms with Gasteiger partial charge in [-0.25, -0.2) is 0 Å². The second-order valence-electron chi connectivity index (χ2n) is 12.5. The second-order valence-corrected chi connectivity index (χ2v) is 12.5. The van der Waals surface area contributed by atoms with E-state index in [1.165, 1.54) is 60.2 Å². The number of hydrogen-bond donors (Lipinski definition) is 1. The molecule has 1 nitrogen and oxygen atoms in total. The van der Waals surface area contributed by atoms with Crippen LogP contribution >= 0.6 is 0 Å². The Morgan fingerprint density at radius 2 is 1.10 bits per heavy atom. The van der Waals surface area contributed by atoms with E-state index in [0.29, 0.717) is 0 Å². The van der Waals surface area contributed by atoms with Gasteiger partial charge in [0, 0.05) is 5.70 Å². The molecule has 0 saturated heterocycles. The zero-order valence-corrected chi connectivity index (χ0v) is 27.8. The first-order valence-corrected chi connectivity index (χ1v) is 17.2. The van der Waals surface area contributed by atoms with E-state index in [4.69, 9.17) is 5.73 Å². The highest BCUT2D eigenvalue weighted by molar-refractivity contribution is 5.97. The van der Waals surface area contributed by atoms with Crippen LogP contribution in [0.5, 0.6) is 0 Å². The molecule has 1 aliphatic rings. The van der Waals surface area contributed by atoms with Crippen LogP contribution in [0.1, 0.15) is 30.4 Å². The standard InChI is InChI=1S/C48H41N/c49-48(41-18-9-7-10-19-41)25-11-6-4-2-1-3-5-8-16-36-26-28-39(29-27-36)46-34-42-21-14-22-43(42)35-47(46)40-32-30-38(31-33-40)45-24-15-20-37-17-12-13-23-44(37)45/h1,3,5-13,15,17-35H,2,4,14,16,49H2/b3-1+,8-5+,11-6-,48-25-. The first kappa shape index (κ1) is 31.7. The zero-order chi connectivity index (χ0) is 33.3. The van der Waals surface area contributed by atoms with Gasteiger partial charge in [-0.05, 0) is 110 Å². The molecule has 0 heterocycles. The first-order valence-electron chi connectivity index (χ1n) is 17.2. The molecule has 0 spiro atoms. The van der Waals surface area contributed by atoms with Crippen LogP contribution in [0.3, 0.4) is 0 Å². The number of hydrogen-bond acceptors (Lipinski definition) is 1. The van der Waals surface area contributed by atoms with Crippen LogP contribution in [0.2, 0.25) is 0 Å². The Hall–Kier alpha value is -5.92. The Labute approximate surface area is 290 Å². The highest BCUT2D eigenvalue weighted by Gasteiger charge is 2.11. The SMILES string of the molecule is N/C(=C\C=C/CC/C=C/C=C/Cc1ccc(-c2cc3c(cc2-c2ccc(-c4cccc5ccccc45)cc2)=CCC=3)cc1)c1ccccc1. The Bertz CT molecular complexity index is 2290. The van der Waals surface area contributed by atoms with E-state index in [9.17, 15) is 0 Å². The molecule has 238 valence electrons. The van der Waals surface area contributed by atoms with Crippen LogP contribution < -0.4 is 16.2 Å². The maximum Gasteiger partial charge on any atom is 0.0387 e. The molecular weight excluding hydrogens is 591 g/mol. The van der Waals surface area contributed by atoms with Crippen molar-refractivity contribution >= 4 is 28.6 Å². The molecule has 0 fully saturated rings. The third-order valence-electron chi connectivity index (χ3n) is 9.22. The lowest BCUT2D eigenvalue weighted by molar-refractivity contribution is 1.05. The molecule has 1 heteroatoms. The maximum absolute atomic E-state index is 6.15. The Morgan fingerprint density at radius 3 is 1.82 bits per heavy atom. The van der Waals surface area contributed by atoms with Crippen molar-refractivity contribution in [3.05, 3.63) is 198 Å². The predicted molar refractivity (Wildman–Crippen MR) is 212 cm³/mol. The van der Waals surface area contributed by atoms with Gasteiger partial charge in [0.25, 0.3) is 0 Å². The molecule has 49 heavy (non-hydrogen) atoms. The number of unbranched alkanes of at least 4 members (excludes halogenated alkanes) is 1. The van der Waals surface area contributed by atoms with Crippen LogP contribution in [0.25, 0.3) is 62.0 Å². The quantitative estimate of drug-likeness (QED) is 0.112.